The van der Waals surface area contributed by atoms with Gasteiger partial charge in [0.15, 0.2) is 11.5 Å². The Balaban J connectivity index is 3.10. The molecule has 0 saturated carbocycles. The van der Waals surface area contributed by atoms with Crippen LogP contribution in [0.5, 0.6) is 11.5 Å². The minimum absolute atomic E-state index is 0.156. The highest BCUT2D eigenvalue weighted by Crippen LogP contribution is 2.28. The van der Waals surface area contributed by atoms with Gasteiger partial charge in [0.1, 0.15) is 0 Å². The van der Waals surface area contributed by atoms with E-state index in [1.54, 1.807) is 13.0 Å². The van der Waals surface area contributed by atoms with E-state index in [9.17, 15) is 5.11 Å². The van der Waals surface area contributed by atoms with E-state index in [1.165, 1.54) is 12.1 Å². The minimum Gasteiger partial charge on any atom is -0.504 e. The Hall–Kier alpha value is -1.26. The summed E-state index contributed by atoms with van der Waals surface area (Å²) in [4.78, 5) is 0. The largest absolute Gasteiger partial charge is 0.504 e. The summed E-state index contributed by atoms with van der Waals surface area (Å²) in [5.74, 6) is -0.334. The highest BCUT2D eigenvalue weighted by Gasteiger charge is 2.19. The van der Waals surface area contributed by atoms with Gasteiger partial charge in [-0.3, -0.25) is 0 Å². The predicted molar refractivity (Wildman–Crippen MR) is 50.4 cm³/mol. The Morgan fingerprint density at radius 3 is 2.38 bits per heavy atom. The molecule has 0 heterocycles. The zero-order valence-corrected chi connectivity index (χ0v) is 7.49. The first-order chi connectivity index (χ1) is 5.97. The molecule has 0 bridgehead atoms. The van der Waals surface area contributed by atoms with Crippen LogP contribution < -0.4 is 11.5 Å². The molecule has 1 rings (SSSR count). The van der Waals surface area contributed by atoms with Crippen molar-refractivity contribution in [3.8, 4) is 11.5 Å². The quantitative estimate of drug-likeness (QED) is 0.493. The van der Waals surface area contributed by atoms with Gasteiger partial charge < -0.3 is 21.7 Å². The van der Waals surface area contributed by atoms with Gasteiger partial charge in [0, 0.05) is 6.54 Å². The molecule has 1 unspecified atom stereocenters. The molecule has 0 aliphatic rings. The SMILES string of the molecule is CC(N)(CN)c1ccc(O)c(O)c1. The maximum absolute atomic E-state index is 9.21. The van der Waals surface area contributed by atoms with Crippen molar-refractivity contribution in [3.05, 3.63) is 23.8 Å². The predicted octanol–water partition coefficient (Wildman–Crippen LogP) is 0.230. The maximum atomic E-state index is 9.21. The lowest BCUT2D eigenvalue weighted by molar-refractivity contribution is 0.400. The average molecular weight is 182 g/mol. The summed E-state index contributed by atoms with van der Waals surface area (Å²) in [5.41, 5.74) is 11.3. The first kappa shape index (κ1) is 9.83. The van der Waals surface area contributed by atoms with Crippen LogP contribution in [0.15, 0.2) is 18.2 Å². The number of benzene rings is 1. The van der Waals surface area contributed by atoms with Crippen LogP contribution in [0.3, 0.4) is 0 Å². The summed E-state index contributed by atoms with van der Waals surface area (Å²) in [7, 11) is 0. The van der Waals surface area contributed by atoms with Gasteiger partial charge >= 0.3 is 0 Å². The molecule has 0 amide bonds. The molecule has 0 fully saturated rings. The zero-order valence-electron chi connectivity index (χ0n) is 7.49. The summed E-state index contributed by atoms with van der Waals surface area (Å²) in [6.07, 6.45) is 0. The van der Waals surface area contributed by atoms with E-state index in [2.05, 4.69) is 0 Å². The van der Waals surface area contributed by atoms with Crippen molar-refractivity contribution < 1.29 is 10.2 Å². The third-order valence-electron chi connectivity index (χ3n) is 2.06. The van der Waals surface area contributed by atoms with Crippen LogP contribution in [-0.2, 0) is 5.54 Å². The monoisotopic (exact) mass is 182 g/mol. The highest BCUT2D eigenvalue weighted by molar-refractivity contribution is 5.42. The number of hydrogen-bond donors (Lipinski definition) is 4. The molecule has 0 radical (unpaired) electrons. The molecule has 0 aliphatic carbocycles. The Bertz CT molecular complexity index is 310. The van der Waals surface area contributed by atoms with E-state index in [0.717, 1.165) is 0 Å². The number of rotatable bonds is 2. The Kier molecular flexibility index (Phi) is 2.45. The van der Waals surface area contributed by atoms with Crippen molar-refractivity contribution in [2.24, 2.45) is 11.5 Å². The molecule has 0 aliphatic heterocycles. The summed E-state index contributed by atoms with van der Waals surface area (Å²) < 4.78 is 0. The van der Waals surface area contributed by atoms with Gasteiger partial charge in [-0.25, -0.2) is 0 Å². The number of phenolic OH excluding ortho intramolecular Hbond substituents is 2. The summed E-state index contributed by atoms with van der Waals surface area (Å²) >= 11 is 0. The van der Waals surface area contributed by atoms with Crippen LogP contribution >= 0.6 is 0 Å². The summed E-state index contributed by atoms with van der Waals surface area (Å²) in [6.45, 7) is 2.04. The minimum atomic E-state index is -0.675. The van der Waals surface area contributed by atoms with Crippen molar-refractivity contribution in [2.75, 3.05) is 6.54 Å². The van der Waals surface area contributed by atoms with Crippen molar-refractivity contribution >= 4 is 0 Å². The van der Waals surface area contributed by atoms with Crippen LogP contribution in [0, 0.1) is 0 Å². The first-order valence-corrected chi connectivity index (χ1v) is 3.99. The van der Waals surface area contributed by atoms with E-state index in [-0.39, 0.29) is 18.0 Å². The second-order valence-corrected chi connectivity index (χ2v) is 3.33. The second kappa shape index (κ2) is 3.24. The van der Waals surface area contributed by atoms with Crippen LogP contribution in [0.1, 0.15) is 12.5 Å². The van der Waals surface area contributed by atoms with E-state index in [1.807, 2.05) is 0 Å². The van der Waals surface area contributed by atoms with Crippen LogP contribution in [0.4, 0.5) is 0 Å². The summed E-state index contributed by atoms with van der Waals surface area (Å²) in [6, 6.07) is 4.45. The molecule has 0 saturated heterocycles. The number of phenols is 2. The van der Waals surface area contributed by atoms with Gasteiger partial charge in [-0.15, -0.1) is 0 Å². The topological polar surface area (TPSA) is 92.5 Å². The van der Waals surface area contributed by atoms with Crippen molar-refractivity contribution in [3.63, 3.8) is 0 Å². The van der Waals surface area contributed by atoms with E-state index < -0.39 is 5.54 Å². The third kappa shape index (κ3) is 1.91. The molecule has 0 spiro atoms. The number of aromatic hydroxyl groups is 2. The molecule has 6 N–H and O–H groups in total. The molecular weight excluding hydrogens is 168 g/mol. The Morgan fingerprint density at radius 1 is 1.31 bits per heavy atom. The van der Waals surface area contributed by atoms with Crippen molar-refractivity contribution in [2.45, 2.75) is 12.5 Å². The van der Waals surface area contributed by atoms with Gasteiger partial charge in [-0.1, -0.05) is 6.07 Å². The van der Waals surface area contributed by atoms with Crippen LogP contribution in [0.25, 0.3) is 0 Å². The lowest BCUT2D eigenvalue weighted by atomic mass is 9.93. The van der Waals surface area contributed by atoms with Crippen LogP contribution in [-0.4, -0.2) is 16.8 Å². The fraction of sp³-hybridized carbons (Fsp3) is 0.333. The van der Waals surface area contributed by atoms with Crippen LogP contribution in [0.2, 0.25) is 0 Å². The van der Waals surface area contributed by atoms with E-state index in [4.69, 9.17) is 16.6 Å². The second-order valence-electron chi connectivity index (χ2n) is 3.33. The third-order valence-corrected chi connectivity index (χ3v) is 2.06. The molecule has 4 nitrogen and oxygen atoms in total. The molecular formula is C9H14N2O2. The average Bonchev–Trinajstić information content (AvgIpc) is 2.09. The normalized spacial score (nSPS) is 15.3. The standard InChI is InChI=1S/C9H14N2O2/c1-9(11,5-10)6-2-3-7(12)8(13)4-6/h2-4,12-13H,5,10-11H2,1H3. The van der Waals surface area contributed by atoms with Crippen molar-refractivity contribution in [1.82, 2.24) is 0 Å². The Labute approximate surface area is 76.8 Å². The molecule has 72 valence electrons. The number of hydrogen-bond acceptors (Lipinski definition) is 4. The lowest BCUT2D eigenvalue weighted by Crippen LogP contribution is -2.40. The lowest BCUT2D eigenvalue weighted by Gasteiger charge is -2.23. The maximum Gasteiger partial charge on any atom is 0.157 e. The van der Waals surface area contributed by atoms with Gasteiger partial charge in [0.05, 0.1) is 5.54 Å². The zero-order chi connectivity index (χ0) is 10.1. The molecule has 1 aromatic rings. The fourth-order valence-corrected chi connectivity index (χ4v) is 0.997. The van der Waals surface area contributed by atoms with Gasteiger partial charge in [0.25, 0.3) is 0 Å². The first-order valence-electron chi connectivity index (χ1n) is 3.99. The highest BCUT2D eigenvalue weighted by atomic mass is 16.3. The fourth-order valence-electron chi connectivity index (χ4n) is 0.997. The van der Waals surface area contributed by atoms with Crippen molar-refractivity contribution in [1.29, 1.82) is 0 Å². The molecule has 1 aromatic carbocycles. The molecule has 4 heteroatoms. The van der Waals surface area contributed by atoms with Gasteiger partial charge in [-0.05, 0) is 24.6 Å². The molecule has 13 heavy (non-hydrogen) atoms. The number of nitrogens with two attached hydrogens (primary N) is 2. The Morgan fingerprint density at radius 2 is 1.92 bits per heavy atom. The summed E-state index contributed by atoms with van der Waals surface area (Å²) in [5, 5.41) is 18.3. The molecule has 0 aromatic heterocycles. The van der Waals surface area contributed by atoms with E-state index >= 15 is 0 Å². The van der Waals surface area contributed by atoms with Gasteiger partial charge in [0.2, 0.25) is 0 Å². The van der Waals surface area contributed by atoms with Gasteiger partial charge in [-0.2, -0.15) is 0 Å². The molecule has 1 atom stereocenters. The smallest absolute Gasteiger partial charge is 0.157 e. The van der Waals surface area contributed by atoms with E-state index in [0.29, 0.717) is 5.56 Å².